The summed E-state index contributed by atoms with van der Waals surface area (Å²) >= 11 is 0. The van der Waals surface area contributed by atoms with Gasteiger partial charge < -0.3 is 4.74 Å². The molecule has 0 amide bonds. The second kappa shape index (κ2) is 4.60. The Morgan fingerprint density at radius 3 is 2.64 bits per heavy atom. The highest BCUT2D eigenvalue weighted by atomic mass is 16.5. The first-order valence-electron chi connectivity index (χ1n) is 5.14. The second-order valence-electron chi connectivity index (χ2n) is 4.44. The normalized spacial score (nSPS) is 12.0. The van der Waals surface area contributed by atoms with Gasteiger partial charge in [-0.15, -0.1) is 0 Å². The van der Waals surface area contributed by atoms with Crippen molar-refractivity contribution < 1.29 is 4.74 Å². The van der Waals surface area contributed by atoms with Crippen LogP contribution in [-0.2, 0) is 16.7 Å². The molecule has 1 heterocycles. The van der Waals surface area contributed by atoms with E-state index in [2.05, 4.69) is 32.1 Å². The van der Waals surface area contributed by atoms with Gasteiger partial charge in [0.15, 0.2) is 0 Å². The van der Waals surface area contributed by atoms with Crippen LogP contribution in [0, 0.1) is 0 Å². The molecule has 14 heavy (non-hydrogen) atoms. The van der Waals surface area contributed by atoms with E-state index in [-0.39, 0.29) is 5.41 Å². The SMILES string of the molecule is CCOCCn1cc(C(C)(C)C)cn1. The lowest BCUT2D eigenvalue weighted by Gasteiger charge is -2.14. The van der Waals surface area contributed by atoms with E-state index in [1.165, 1.54) is 5.56 Å². The van der Waals surface area contributed by atoms with E-state index in [4.69, 9.17) is 4.74 Å². The lowest BCUT2D eigenvalue weighted by atomic mass is 9.90. The summed E-state index contributed by atoms with van der Waals surface area (Å²) in [7, 11) is 0. The molecule has 0 saturated carbocycles. The highest BCUT2D eigenvalue weighted by Crippen LogP contribution is 2.20. The van der Waals surface area contributed by atoms with Crippen molar-refractivity contribution in [3.05, 3.63) is 18.0 Å². The summed E-state index contributed by atoms with van der Waals surface area (Å²) in [5, 5.41) is 4.29. The van der Waals surface area contributed by atoms with Crippen LogP contribution in [0.5, 0.6) is 0 Å². The molecular weight excluding hydrogens is 176 g/mol. The molecule has 1 rings (SSSR count). The molecule has 0 aliphatic heterocycles. The van der Waals surface area contributed by atoms with E-state index >= 15 is 0 Å². The third-order valence-corrected chi connectivity index (χ3v) is 2.17. The summed E-state index contributed by atoms with van der Waals surface area (Å²) in [5.74, 6) is 0. The van der Waals surface area contributed by atoms with E-state index in [9.17, 15) is 0 Å². The van der Waals surface area contributed by atoms with Crippen molar-refractivity contribution in [2.24, 2.45) is 0 Å². The van der Waals surface area contributed by atoms with Crippen LogP contribution in [0.25, 0.3) is 0 Å². The molecule has 1 aromatic rings. The molecule has 0 radical (unpaired) electrons. The van der Waals surface area contributed by atoms with Crippen LogP contribution in [0.15, 0.2) is 12.4 Å². The molecule has 3 heteroatoms. The minimum atomic E-state index is 0.184. The maximum absolute atomic E-state index is 5.27. The van der Waals surface area contributed by atoms with E-state index < -0.39 is 0 Å². The van der Waals surface area contributed by atoms with Gasteiger partial charge in [0, 0.05) is 12.8 Å². The van der Waals surface area contributed by atoms with Crippen molar-refractivity contribution in [2.75, 3.05) is 13.2 Å². The van der Waals surface area contributed by atoms with Crippen LogP contribution in [0.2, 0.25) is 0 Å². The molecule has 0 fully saturated rings. The highest BCUT2D eigenvalue weighted by Gasteiger charge is 2.15. The zero-order chi connectivity index (χ0) is 10.6. The van der Waals surface area contributed by atoms with Crippen molar-refractivity contribution in [3.8, 4) is 0 Å². The summed E-state index contributed by atoms with van der Waals surface area (Å²) < 4.78 is 7.21. The second-order valence-corrected chi connectivity index (χ2v) is 4.44. The highest BCUT2D eigenvalue weighted by molar-refractivity contribution is 5.14. The lowest BCUT2D eigenvalue weighted by Crippen LogP contribution is -2.10. The fraction of sp³-hybridized carbons (Fsp3) is 0.727. The number of hydrogen-bond acceptors (Lipinski definition) is 2. The van der Waals surface area contributed by atoms with Gasteiger partial charge in [0.25, 0.3) is 0 Å². The van der Waals surface area contributed by atoms with Gasteiger partial charge in [-0.25, -0.2) is 0 Å². The van der Waals surface area contributed by atoms with E-state index in [0.29, 0.717) is 0 Å². The summed E-state index contributed by atoms with van der Waals surface area (Å²) in [5.41, 5.74) is 1.46. The number of hydrogen-bond donors (Lipinski definition) is 0. The Labute approximate surface area is 86.1 Å². The van der Waals surface area contributed by atoms with E-state index in [1.807, 2.05) is 17.8 Å². The zero-order valence-corrected chi connectivity index (χ0v) is 9.58. The van der Waals surface area contributed by atoms with Crippen LogP contribution in [0.3, 0.4) is 0 Å². The van der Waals surface area contributed by atoms with Crippen LogP contribution < -0.4 is 0 Å². The van der Waals surface area contributed by atoms with Gasteiger partial charge in [0.05, 0.1) is 19.3 Å². The molecule has 0 bridgehead atoms. The summed E-state index contributed by atoms with van der Waals surface area (Å²) in [6.07, 6.45) is 4.03. The van der Waals surface area contributed by atoms with Gasteiger partial charge >= 0.3 is 0 Å². The van der Waals surface area contributed by atoms with Crippen molar-refractivity contribution >= 4 is 0 Å². The van der Waals surface area contributed by atoms with Crippen molar-refractivity contribution in [3.63, 3.8) is 0 Å². The molecule has 80 valence electrons. The Morgan fingerprint density at radius 2 is 2.14 bits per heavy atom. The molecule has 0 N–H and O–H groups in total. The number of aromatic nitrogens is 2. The monoisotopic (exact) mass is 196 g/mol. The predicted octanol–water partition coefficient (Wildman–Crippen LogP) is 2.22. The van der Waals surface area contributed by atoms with Crippen molar-refractivity contribution in [1.82, 2.24) is 9.78 Å². The molecule has 1 aromatic heterocycles. The number of nitrogens with zero attached hydrogens (tertiary/aromatic N) is 2. The topological polar surface area (TPSA) is 27.1 Å². The summed E-state index contributed by atoms with van der Waals surface area (Å²) in [4.78, 5) is 0. The largest absolute Gasteiger partial charge is 0.380 e. The Bertz CT molecular complexity index is 273. The van der Waals surface area contributed by atoms with Crippen LogP contribution in [0.4, 0.5) is 0 Å². The molecule has 0 aliphatic carbocycles. The van der Waals surface area contributed by atoms with Gasteiger partial charge in [-0.2, -0.15) is 5.10 Å². The zero-order valence-electron chi connectivity index (χ0n) is 9.58. The average molecular weight is 196 g/mol. The van der Waals surface area contributed by atoms with Gasteiger partial charge in [0.1, 0.15) is 0 Å². The third kappa shape index (κ3) is 3.14. The van der Waals surface area contributed by atoms with Crippen LogP contribution in [-0.4, -0.2) is 23.0 Å². The maximum Gasteiger partial charge on any atom is 0.0662 e. The molecule has 0 atom stereocenters. The van der Waals surface area contributed by atoms with Crippen LogP contribution in [0.1, 0.15) is 33.3 Å². The van der Waals surface area contributed by atoms with E-state index in [0.717, 1.165) is 19.8 Å². The molecular formula is C11H20N2O. The number of rotatable bonds is 4. The number of ether oxygens (including phenoxy) is 1. The molecule has 0 aliphatic rings. The summed E-state index contributed by atoms with van der Waals surface area (Å²) in [6.45, 7) is 10.9. The molecule has 0 unspecified atom stereocenters. The van der Waals surface area contributed by atoms with Gasteiger partial charge in [-0.3, -0.25) is 4.68 Å². The van der Waals surface area contributed by atoms with Crippen LogP contribution >= 0.6 is 0 Å². The maximum atomic E-state index is 5.27. The van der Waals surface area contributed by atoms with Crippen molar-refractivity contribution in [2.45, 2.75) is 39.7 Å². The minimum absolute atomic E-state index is 0.184. The smallest absolute Gasteiger partial charge is 0.0662 e. The van der Waals surface area contributed by atoms with E-state index in [1.54, 1.807) is 0 Å². The molecule has 0 spiro atoms. The molecule has 0 saturated heterocycles. The first kappa shape index (κ1) is 11.2. The average Bonchev–Trinajstić information content (AvgIpc) is 2.52. The Hall–Kier alpha value is -0.830. The Kier molecular flexibility index (Phi) is 3.69. The molecule has 3 nitrogen and oxygen atoms in total. The van der Waals surface area contributed by atoms with Gasteiger partial charge in [-0.1, -0.05) is 20.8 Å². The van der Waals surface area contributed by atoms with Gasteiger partial charge in [-0.05, 0) is 17.9 Å². The predicted molar refractivity (Wildman–Crippen MR) is 57.4 cm³/mol. The third-order valence-electron chi connectivity index (χ3n) is 2.17. The minimum Gasteiger partial charge on any atom is -0.380 e. The Balaban J connectivity index is 2.51. The molecule has 0 aromatic carbocycles. The van der Waals surface area contributed by atoms with Crippen molar-refractivity contribution in [1.29, 1.82) is 0 Å². The first-order valence-corrected chi connectivity index (χ1v) is 5.14. The first-order chi connectivity index (χ1) is 6.54. The lowest BCUT2D eigenvalue weighted by molar-refractivity contribution is 0.136. The standard InChI is InChI=1S/C11H20N2O/c1-5-14-7-6-13-9-10(8-12-13)11(2,3)4/h8-9H,5-7H2,1-4H3. The fourth-order valence-electron chi connectivity index (χ4n) is 1.18. The fourth-order valence-corrected chi connectivity index (χ4v) is 1.18. The quantitative estimate of drug-likeness (QED) is 0.690. The van der Waals surface area contributed by atoms with Gasteiger partial charge in [0.2, 0.25) is 0 Å². The summed E-state index contributed by atoms with van der Waals surface area (Å²) in [6, 6.07) is 0. The Morgan fingerprint density at radius 1 is 1.43 bits per heavy atom.